The number of hydrogen-bond acceptors (Lipinski definition) is 8. The monoisotopic (exact) mass is 481 g/mol. The van der Waals surface area contributed by atoms with Gasteiger partial charge in [0.2, 0.25) is 11.8 Å². The molecule has 12 nitrogen and oxygen atoms in total. The topological polar surface area (TPSA) is 232 Å². The van der Waals surface area contributed by atoms with Crippen molar-refractivity contribution in [3.63, 3.8) is 0 Å². The van der Waals surface area contributed by atoms with E-state index in [9.17, 15) is 14.9 Å². The van der Waals surface area contributed by atoms with Crippen molar-refractivity contribution < 1.29 is 25.3 Å². The number of amides is 2. The zero-order valence-electron chi connectivity index (χ0n) is 21.2. The SMILES string of the molecule is CC(C)(N=NC(C)(C)C(N)=O)C(N)=O.COC(C)(C)CC(C)(C#N)N=Nc1ccccc1.O.O. The van der Waals surface area contributed by atoms with Gasteiger partial charge in [0.15, 0.2) is 16.6 Å². The highest BCUT2D eigenvalue weighted by atomic mass is 16.5. The van der Waals surface area contributed by atoms with Crippen molar-refractivity contribution in [2.75, 3.05) is 7.11 Å². The highest BCUT2D eigenvalue weighted by Gasteiger charge is 2.33. The number of hydrogen-bond donors (Lipinski definition) is 2. The summed E-state index contributed by atoms with van der Waals surface area (Å²) in [5, 5.41) is 24.9. The summed E-state index contributed by atoms with van der Waals surface area (Å²) in [5.74, 6) is -1.22. The van der Waals surface area contributed by atoms with E-state index in [1.165, 1.54) is 27.7 Å². The van der Waals surface area contributed by atoms with E-state index in [0.29, 0.717) is 6.42 Å². The number of benzene rings is 1. The summed E-state index contributed by atoms with van der Waals surface area (Å²) in [4.78, 5) is 21.7. The standard InChI is InChI=1S/C14H19N3O.C8H16N4O2.2H2O/c1-13(2,18-4)10-14(3,11-15)17-16-12-8-6-5-7-9-12;1-7(2,5(9)13)11-12-8(3,4)6(10)14;;/h5-9H,10H2,1-4H3;1-4H3,(H2,9,13)(H2,10,14);2*1H2. The lowest BCUT2D eigenvalue weighted by Gasteiger charge is -2.28. The molecule has 8 N–H and O–H groups in total. The number of rotatable bonds is 9. The second kappa shape index (κ2) is 14.1. The number of nitriles is 1. The predicted molar refractivity (Wildman–Crippen MR) is 129 cm³/mol. The molecule has 0 saturated carbocycles. The maximum Gasteiger partial charge on any atom is 0.246 e. The zero-order valence-corrected chi connectivity index (χ0v) is 21.2. The quantitative estimate of drug-likeness (QED) is 0.504. The molecule has 1 unspecified atom stereocenters. The minimum Gasteiger partial charge on any atom is -0.412 e. The Kier molecular flexibility index (Phi) is 14.6. The van der Waals surface area contributed by atoms with Gasteiger partial charge < -0.3 is 27.2 Å². The van der Waals surface area contributed by atoms with Crippen molar-refractivity contribution in [2.24, 2.45) is 31.9 Å². The van der Waals surface area contributed by atoms with Gasteiger partial charge in [0.05, 0.1) is 17.4 Å². The Morgan fingerprint density at radius 3 is 1.62 bits per heavy atom. The van der Waals surface area contributed by atoms with Gasteiger partial charge >= 0.3 is 0 Å². The van der Waals surface area contributed by atoms with E-state index in [2.05, 4.69) is 26.5 Å². The lowest BCUT2D eigenvalue weighted by molar-refractivity contribution is -0.124. The maximum absolute atomic E-state index is 10.9. The molecule has 0 aliphatic rings. The average molecular weight is 482 g/mol. The lowest BCUT2D eigenvalue weighted by Crippen LogP contribution is -2.39. The minimum absolute atomic E-state index is 0. The Morgan fingerprint density at radius 1 is 0.882 bits per heavy atom. The molecule has 2 amide bonds. The van der Waals surface area contributed by atoms with E-state index in [-0.39, 0.29) is 11.0 Å². The van der Waals surface area contributed by atoms with Crippen LogP contribution in [-0.2, 0) is 14.3 Å². The van der Waals surface area contributed by atoms with E-state index in [1.54, 1.807) is 14.0 Å². The summed E-state index contributed by atoms with van der Waals surface area (Å²) in [5.41, 5.74) is 7.36. The molecule has 0 fully saturated rings. The Balaban J connectivity index is -0.000000550. The second-order valence-corrected chi connectivity index (χ2v) is 9.11. The van der Waals surface area contributed by atoms with Crippen LogP contribution < -0.4 is 11.5 Å². The largest absolute Gasteiger partial charge is 0.412 e. The third-order valence-electron chi connectivity index (χ3n) is 4.46. The molecule has 0 aromatic heterocycles. The fourth-order valence-electron chi connectivity index (χ4n) is 2.01. The minimum atomic E-state index is -1.12. The predicted octanol–water partition coefficient (Wildman–Crippen LogP) is 2.18. The first-order valence-electron chi connectivity index (χ1n) is 9.98. The molecule has 1 atom stereocenters. The molecule has 0 aliphatic carbocycles. The molecular formula is C22H39N7O5. The molecule has 192 valence electrons. The summed E-state index contributed by atoms with van der Waals surface area (Å²) < 4.78 is 5.33. The van der Waals surface area contributed by atoms with E-state index in [0.717, 1.165) is 5.69 Å². The molecule has 1 rings (SSSR count). The molecule has 0 spiro atoms. The van der Waals surface area contributed by atoms with Crippen LogP contribution in [0.5, 0.6) is 0 Å². The highest BCUT2D eigenvalue weighted by molar-refractivity contribution is 5.84. The van der Waals surface area contributed by atoms with E-state index < -0.39 is 34.0 Å². The van der Waals surface area contributed by atoms with Gasteiger partial charge in [-0.25, -0.2) is 0 Å². The van der Waals surface area contributed by atoms with Crippen LogP contribution in [-0.4, -0.2) is 52.1 Å². The number of azo groups is 2. The lowest BCUT2D eigenvalue weighted by atomic mass is 9.90. The van der Waals surface area contributed by atoms with Crippen LogP contribution in [0.25, 0.3) is 0 Å². The van der Waals surface area contributed by atoms with Crippen LogP contribution in [0.15, 0.2) is 50.8 Å². The highest BCUT2D eigenvalue weighted by Crippen LogP contribution is 2.27. The van der Waals surface area contributed by atoms with Gasteiger partial charge in [-0.3, -0.25) is 9.59 Å². The summed E-state index contributed by atoms with van der Waals surface area (Å²) in [6, 6.07) is 11.6. The Labute approximate surface area is 201 Å². The molecule has 12 heteroatoms. The van der Waals surface area contributed by atoms with Crippen molar-refractivity contribution in [3.8, 4) is 6.07 Å². The molecule has 34 heavy (non-hydrogen) atoms. The third-order valence-corrected chi connectivity index (χ3v) is 4.46. The first-order chi connectivity index (χ1) is 14.5. The molecule has 0 radical (unpaired) electrons. The van der Waals surface area contributed by atoms with Crippen molar-refractivity contribution in [3.05, 3.63) is 30.3 Å². The Hall–Kier alpha value is -3.27. The summed E-state index contributed by atoms with van der Waals surface area (Å²) in [6.45, 7) is 11.7. The molecule has 1 aromatic rings. The van der Waals surface area contributed by atoms with E-state index in [1.807, 2.05) is 44.2 Å². The van der Waals surface area contributed by atoms with Gasteiger partial charge in [-0.2, -0.15) is 25.7 Å². The molecule has 0 bridgehead atoms. The fraction of sp³-hybridized carbons (Fsp3) is 0.591. The van der Waals surface area contributed by atoms with E-state index in [4.69, 9.17) is 16.2 Å². The van der Waals surface area contributed by atoms with Gasteiger partial charge in [-0.1, -0.05) is 18.2 Å². The van der Waals surface area contributed by atoms with Crippen molar-refractivity contribution in [2.45, 2.75) is 77.1 Å². The number of ether oxygens (including phenoxy) is 1. The van der Waals surface area contributed by atoms with Crippen LogP contribution in [0.3, 0.4) is 0 Å². The molecule has 0 heterocycles. The van der Waals surface area contributed by atoms with Crippen molar-refractivity contribution in [1.29, 1.82) is 5.26 Å². The normalized spacial score (nSPS) is 13.5. The van der Waals surface area contributed by atoms with Gasteiger partial charge in [-0.15, -0.1) is 0 Å². The number of nitrogens with two attached hydrogens (primary N) is 2. The average Bonchev–Trinajstić information content (AvgIpc) is 2.72. The first kappa shape index (κ1) is 35.3. The fourth-order valence-corrected chi connectivity index (χ4v) is 2.01. The number of carbonyl (C=O) groups is 2. The van der Waals surface area contributed by atoms with Crippen LogP contribution in [0.4, 0.5) is 5.69 Å². The number of methoxy groups -OCH3 is 1. The molecular weight excluding hydrogens is 442 g/mol. The summed E-state index contributed by atoms with van der Waals surface area (Å²) in [7, 11) is 1.63. The number of nitrogens with zero attached hydrogens (tertiary/aromatic N) is 5. The van der Waals surface area contributed by atoms with Gasteiger partial charge in [0, 0.05) is 13.5 Å². The Bertz CT molecular complexity index is 849. The van der Waals surface area contributed by atoms with Crippen molar-refractivity contribution >= 4 is 17.5 Å². The van der Waals surface area contributed by atoms with Gasteiger partial charge in [0.1, 0.15) is 0 Å². The van der Waals surface area contributed by atoms with Crippen LogP contribution in [0, 0.1) is 11.3 Å². The molecule has 1 aromatic carbocycles. The maximum atomic E-state index is 10.9. The first-order valence-corrected chi connectivity index (χ1v) is 9.98. The third kappa shape index (κ3) is 12.7. The van der Waals surface area contributed by atoms with Crippen LogP contribution in [0.2, 0.25) is 0 Å². The smallest absolute Gasteiger partial charge is 0.246 e. The second-order valence-electron chi connectivity index (χ2n) is 9.11. The molecule has 0 aliphatic heterocycles. The molecule has 0 saturated heterocycles. The van der Waals surface area contributed by atoms with Gasteiger partial charge in [0.25, 0.3) is 0 Å². The van der Waals surface area contributed by atoms with Crippen molar-refractivity contribution in [1.82, 2.24) is 0 Å². The van der Waals surface area contributed by atoms with Gasteiger partial charge in [-0.05, 0) is 60.6 Å². The summed E-state index contributed by atoms with van der Waals surface area (Å²) >= 11 is 0. The Morgan fingerprint density at radius 2 is 1.29 bits per heavy atom. The number of carbonyl (C=O) groups excluding carboxylic acids is 2. The summed E-state index contributed by atoms with van der Waals surface area (Å²) in [6.07, 6.45) is 0.489. The van der Waals surface area contributed by atoms with Crippen LogP contribution >= 0.6 is 0 Å². The number of primary amides is 2. The van der Waals surface area contributed by atoms with Crippen LogP contribution in [0.1, 0.15) is 54.9 Å². The van der Waals surface area contributed by atoms with E-state index >= 15 is 0 Å². The zero-order chi connectivity index (χ0) is 25.2.